The molecule has 0 aliphatic carbocycles. The minimum atomic E-state index is 0.711. The minimum Gasteiger partial charge on any atom is -0.468 e. The van der Waals surface area contributed by atoms with Crippen molar-refractivity contribution < 1.29 is 4.42 Å². The quantitative estimate of drug-likeness (QED) is 0.843. The number of hydrogen-bond acceptors (Lipinski definition) is 6. The van der Waals surface area contributed by atoms with Crippen LogP contribution in [0.1, 0.15) is 31.4 Å². The summed E-state index contributed by atoms with van der Waals surface area (Å²) < 4.78 is 5.37. The van der Waals surface area contributed by atoms with Crippen molar-refractivity contribution in [3.05, 3.63) is 36.4 Å². The number of aromatic nitrogens is 2. The third-order valence-corrected chi connectivity index (χ3v) is 4.35. The van der Waals surface area contributed by atoms with E-state index in [0.717, 1.165) is 44.3 Å². The van der Waals surface area contributed by atoms with Crippen LogP contribution in [0.3, 0.4) is 0 Å². The minimum absolute atomic E-state index is 0.711. The van der Waals surface area contributed by atoms with E-state index in [0.29, 0.717) is 5.95 Å². The molecule has 2 aromatic rings. The van der Waals surface area contributed by atoms with Gasteiger partial charge >= 0.3 is 0 Å². The molecule has 24 heavy (non-hydrogen) atoms. The highest BCUT2D eigenvalue weighted by Crippen LogP contribution is 2.17. The van der Waals surface area contributed by atoms with Gasteiger partial charge in [-0.15, -0.1) is 0 Å². The van der Waals surface area contributed by atoms with Crippen molar-refractivity contribution in [2.24, 2.45) is 0 Å². The first-order chi connectivity index (χ1) is 11.8. The molecule has 130 valence electrons. The summed E-state index contributed by atoms with van der Waals surface area (Å²) in [5.41, 5.74) is 0. The van der Waals surface area contributed by atoms with E-state index in [-0.39, 0.29) is 0 Å². The van der Waals surface area contributed by atoms with Gasteiger partial charge in [-0.1, -0.05) is 12.8 Å². The van der Waals surface area contributed by atoms with Crippen LogP contribution in [-0.2, 0) is 6.54 Å². The zero-order valence-corrected chi connectivity index (χ0v) is 14.4. The topological polar surface area (TPSA) is 57.4 Å². The summed E-state index contributed by atoms with van der Waals surface area (Å²) in [5, 5.41) is 3.33. The summed E-state index contributed by atoms with van der Waals surface area (Å²) in [6, 6.07) is 5.93. The molecule has 1 saturated heterocycles. The number of nitrogens with one attached hydrogen (secondary N) is 1. The van der Waals surface area contributed by atoms with Crippen LogP contribution < -0.4 is 10.2 Å². The summed E-state index contributed by atoms with van der Waals surface area (Å²) in [4.78, 5) is 13.6. The monoisotopic (exact) mass is 329 g/mol. The molecule has 6 nitrogen and oxygen atoms in total. The molecule has 0 amide bonds. The molecule has 0 atom stereocenters. The van der Waals surface area contributed by atoms with Crippen molar-refractivity contribution in [3.63, 3.8) is 0 Å². The molecule has 1 aliphatic rings. The lowest BCUT2D eigenvalue weighted by atomic mass is 10.2. The van der Waals surface area contributed by atoms with Gasteiger partial charge in [-0.3, -0.25) is 4.90 Å². The Morgan fingerprint density at radius 3 is 2.79 bits per heavy atom. The average molecular weight is 329 g/mol. The van der Waals surface area contributed by atoms with Crippen LogP contribution in [0.5, 0.6) is 0 Å². The molecule has 0 saturated carbocycles. The predicted molar refractivity (Wildman–Crippen MR) is 96.2 cm³/mol. The number of hydrogen-bond donors (Lipinski definition) is 1. The first-order valence-electron chi connectivity index (χ1n) is 8.84. The number of likely N-dealkylation sites (N-methyl/N-ethyl adjacent to an activating group) is 1. The Kier molecular flexibility index (Phi) is 6.07. The van der Waals surface area contributed by atoms with Crippen LogP contribution in [0, 0.1) is 0 Å². The first kappa shape index (κ1) is 16.8. The maximum absolute atomic E-state index is 5.37. The molecule has 0 unspecified atom stereocenters. The van der Waals surface area contributed by atoms with Gasteiger partial charge in [0.05, 0.1) is 12.8 Å². The van der Waals surface area contributed by atoms with Crippen LogP contribution in [0.25, 0.3) is 0 Å². The molecule has 3 heterocycles. The first-order valence-corrected chi connectivity index (χ1v) is 8.84. The smallest absolute Gasteiger partial charge is 0.224 e. The fourth-order valence-corrected chi connectivity index (χ4v) is 3.02. The van der Waals surface area contributed by atoms with Gasteiger partial charge in [0.1, 0.15) is 11.6 Å². The number of furan rings is 1. The van der Waals surface area contributed by atoms with Crippen molar-refractivity contribution in [2.75, 3.05) is 43.4 Å². The second-order valence-corrected chi connectivity index (χ2v) is 6.38. The molecule has 1 aliphatic heterocycles. The average Bonchev–Trinajstić information content (AvgIpc) is 2.94. The van der Waals surface area contributed by atoms with E-state index < -0.39 is 0 Å². The Morgan fingerprint density at radius 2 is 2.04 bits per heavy atom. The van der Waals surface area contributed by atoms with Gasteiger partial charge in [0.15, 0.2) is 0 Å². The lowest BCUT2D eigenvalue weighted by Gasteiger charge is -2.21. The van der Waals surface area contributed by atoms with Crippen LogP contribution in [0.2, 0.25) is 0 Å². The van der Waals surface area contributed by atoms with Crippen LogP contribution in [0.4, 0.5) is 11.8 Å². The highest BCUT2D eigenvalue weighted by molar-refractivity contribution is 5.42. The highest BCUT2D eigenvalue weighted by Gasteiger charge is 2.11. The number of anilines is 2. The van der Waals surface area contributed by atoms with E-state index in [9.17, 15) is 0 Å². The number of rotatable bonds is 7. The summed E-state index contributed by atoms with van der Waals surface area (Å²) in [6.07, 6.45) is 8.73. The van der Waals surface area contributed by atoms with Gasteiger partial charge in [-0.2, -0.15) is 4.98 Å². The standard InChI is InChI=1S/C18H27N5O/c1-22(15-16-7-6-14-24-16)13-10-20-18-19-9-8-17(21-18)23-11-4-2-3-5-12-23/h6-9,14H,2-5,10-13,15H2,1H3,(H,19,20,21). The second kappa shape index (κ2) is 8.68. The molecule has 0 bridgehead atoms. The predicted octanol–water partition coefficient (Wildman–Crippen LogP) is 2.99. The summed E-state index contributed by atoms with van der Waals surface area (Å²) >= 11 is 0. The van der Waals surface area contributed by atoms with Gasteiger partial charge in [-0.05, 0) is 38.1 Å². The molecular formula is C18H27N5O. The van der Waals surface area contributed by atoms with Gasteiger partial charge in [-0.25, -0.2) is 4.98 Å². The molecule has 1 fully saturated rings. The Morgan fingerprint density at radius 1 is 1.21 bits per heavy atom. The Labute approximate surface area is 143 Å². The molecule has 0 radical (unpaired) electrons. The van der Waals surface area contributed by atoms with Crippen molar-refractivity contribution >= 4 is 11.8 Å². The van der Waals surface area contributed by atoms with E-state index in [1.54, 1.807) is 6.26 Å². The molecular weight excluding hydrogens is 302 g/mol. The zero-order chi connectivity index (χ0) is 16.6. The summed E-state index contributed by atoms with van der Waals surface area (Å²) in [7, 11) is 2.08. The normalized spacial score (nSPS) is 15.5. The fraction of sp³-hybridized carbons (Fsp3) is 0.556. The van der Waals surface area contributed by atoms with Crippen LogP contribution >= 0.6 is 0 Å². The fourth-order valence-electron chi connectivity index (χ4n) is 3.02. The van der Waals surface area contributed by atoms with Crippen molar-refractivity contribution in [1.82, 2.24) is 14.9 Å². The van der Waals surface area contributed by atoms with E-state index >= 15 is 0 Å². The maximum Gasteiger partial charge on any atom is 0.224 e. The Bertz CT molecular complexity index is 593. The van der Waals surface area contributed by atoms with E-state index in [2.05, 4.69) is 32.1 Å². The molecule has 6 heteroatoms. The van der Waals surface area contributed by atoms with Crippen LogP contribution in [0.15, 0.2) is 35.1 Å². The summed E-state index contributed by atoms with van der Waals surface area (Å²) in [5.74, 6) is 2.73. The molecule has 2 aromatic heterocycles. The van der Waals surface area contributed by atoms with Gasteiger partial charge in [0.25, 0.3) is 0 Å². The van der Waals surface area contributed by atoms with Gasteiger partial charge in [0, 0.05) is 32.4 Å². The molecule has 3 rings (SSSR count). The molecule has 0 aromatic carbocycles. The van der Waals surface area contributed by atoms with Gasteiger partial charge < -0.3 is 14.6 Å². The highest BCUT2D eigenvalue weighted by atomic mass is 16.3. The van der Waals surface area contributed by atoms with Crippen molar-refractivity contribution in [3.8, 4) is 0 Å². The largest absolute Gasteiger partial charge is 0.468 e. The van der Waals surface area contributed by atoms with Crippen molar-refractivity contribution in [2.45, 2.75) is 32.2 Å². The lowest BCUT2D eigenvalue weighted by molar-refractivity contribution is 0.305. The van der Waals surface area contributed by atoms with Crippen molar-refractivity contribution in [1.29, 1.82) is 0 Å². The third kappa shape index (κ3) is 4.96. The zero-order valence-electron chi connectivity index (χ0n) is 14.4. The summed E-state index contributed by atoms with van der Waals surface area (Å²) in [6.45, 7) is 4.71. The van der Waals surface area contributed by atoms with Crippen LogP contribution in [-0.4, -0.2) is 48.1 Å². The molecule has 1 N–H and O–H groups in total. The SMILES string of the molecule is CN(CCNc1nccc(N2CCCCCC2)n1)Cc1ccco1. The van der Waals surface area contributed by atoms with E-state index in [4.69, 9.17) is 4.42 Å². The Hall–Kier alpha value is -2.08. The van der Waals surface area contributed by atoms with E-state index in [1.807, 2.05) is 24.4 Å². The van der Waals surface area contributed by atoms with Gasteiger partial charge in [0.2, 0.25) is 5.95 Å². The maximum atomic E-state index is 5.37. The second-order valence-electron chi connectivity index (χ2n) is 6.38. The van der Waals surface area contributed by atoms with E-state index in [1.165, 1.54) is 25.7 Å². The number of nitrogens with zero attached hydrogens (tertiary/aromatic N) is 4. The third-order valence-electron chi connectivity index (χ3n) is 4.35. The molecule has 0 spiro atoms. The lowest BCUT2D eigenvalue weighted by Crippen LogP contribution is -2.26. The Balaban J connectivity index is 1.47.